The maximum atomic E-state index is 13.1. The van der Waals surface area contributed by atoms with Gasteiger partial charge in [-0.25, -0.2) is 13.9 Å². The van der Waals surface area contributed by atoms with Gasteiger partial charge in [0, 0.05) is 48.5 Å². The Balaban J connectivity index is 1.80. The molecule has 0 saturated heterocycles. The monoisotopic (exact) mass is 455 g/mol. The highest BCUT2D eigenvalue weighted by Crippen LogP contribution is 2.36. The van der Waals surface area contributed by atoms with E-state index in [1.807, 2.05) is 59.5 Å². The van der Waals surface area contributed by atoms with Crippen LogP contribution in [0.4, 0.5) is 17.2 Å². The summed E-state index contributed by atoms with van der Waals surface area (Å²) in [6, 6.07) is 7.46. The molecule has 1 aromatic carbocycles. The Morgan fingerprint density at radius 1 is 1.29 bits per heavy atom. The second-order valence-electron chi connectivity index (χ2n) is 7.28. The number of anilines is 3. The van der Waals surface area contributed by atoms with Crippen LogP contribution in [-0.4, -0.2) is 38.9 Å². The number of aromatic nitrogens is 2. The van der Waals surface area contributed by atoms with Crippen molar-refractivity contribution in [2.75, 3.05) is 29.9 Å². The van der Waals surface area contributed by atoms with Gasteiger partial charge in [0.2, 0.25) is 11.3 Å². The number of nitrogens with zero attached hydrogens (tertiary/aromatic N) is 3. The number of benzene rings is 1. The molecule has 0 fully saturated rings. The predicted octanol–water partition coefficient (Wildman–Crippen LogP) is 1.30. The van der Waals surface area contributed by atoms with Gasteiger partial charge < -0.3 is 14.8 Å². The van der Waals surface area contributed by atoms with Gasteiger partial charge in [-0.15, -0.1) is 0 Å². The second kappa shape index (κ2) is 7.61. The number of halogens is 1. The molecule has 0 aliphatic carbocycles. The van der Waals surface area contributed by atoms with Crippen LogP contribution in [0.2, 0.25) is 5.02 Å². The van der Waals surface area contributed by atoms with Crippen molar-refractivity contribution >= 4 is 51.7 Å². The Morgan fingerprint density at radius 3 is 2.81 bits per heavy atom. The molecular formula is C21H18ClN5O3S. The van der Waals surface area contributed by atoms with Crippen molar-refractivity contribution in [2.24, 2.45) is 0 Å². The first-order valence-corrected chi connectivity index (χ1v) is 11.0. The van der Waals surface area contributed by atoms with E-state index in [0.717, 1.165) is 27.4 Å². The number of H-pyrrole nitrogens is 1. The van der Waals surface area contributed by atoms with E-state index in [4.69, 9.17) is 21.1 Å². The Hall–Kier alpha value is -2.98. The third kappa shape index (κ3) is 3.35. The highest BCUT2D eigenvalue weighted by molar-refractivity contribution is 7.77. The first kappa shape index (κ1) is 20.0. The zero-order valence-electron chi connectivity index (χ0n) is 16.4. The third-order valence-corrected chi connectivity index (χ3v) is 6.13. The number of rotatable bonds is 4. The van der Waals surface area contributed by atoms with Crippen molar-refractivity contribution < 1.29 is 8.76 Å². The third-order valence-electron chi connectivity index (χ3n) is 5.48. The molecule has 158 valence electrons. The quantitative estimate of drug-likeness (QED) is 0.513. The average molecular weight is 456 g/mol. The van der Waals surface area contributed by atoms with Gasteiger partial charge >= 0.3 is 0 Å². The van der Waals surface area contributed by atoms with E-state index in [-0.39, 0.29) is 12.1 Å². The SMILES string of the molecule is CN1C=CC(CNS(=O)O)=c2cnc3c4c([nH]c(=O)c-4c21)=CCN3c1ccc(Cl)cc1. The molecule has 0 amide bonds. The number of hydrogen-bond donors (Lipinski definition) is 3. The second-order valence-corrected chi connectivity index (χ2v) is 8.50. The van der Waals surface area contributed by atoms with Crippen LogP contribution < -0.4 is 30.6 Å². The van der Waals surface area contributed by atoms with E-state index < -0.39 is 11.3 Å². The summed E-state index contributed by atoms with van der Waals surface area (Å²) in [4.78, 5) is 24.7. The lowest BCUT2D eigenvalue weighted by Gasteiger charge is -2.26. The Labute approximate surface area is 184 Å². The van der Waals surface area contributed by atoms with E-state index in [1.54, 1.807) is 6.20 Å². The van der Waals surface area contributed by atoms with E-state index in [1.165, 1.54) is 0 Å². The van der Waals surface area contributed by atoms with E-state index in [0.29, 0.717) is 28.6 Å². The summed E-state index contributed by atoms with van der Waals surface area (Å²) in [6.07, 6.45) is 7.37. The van der Waals surface area contributed by atoms with Crippen LogP contribution in [0.5, 0.6) is 0 Å². The normalized spacial score (nSPS) is 15.8. The zero-order valence-corrected chi connectivity index (χ0v) is 18.0. The van der Waals surface area contributed by atoms with E-state index >= 15 is 0 Å². The van der Waals surface area contributed by atoms with Crippen LogP contribution in [0.25, 0.3) is 22.8 Å². The molecule has 1 aromatic rings. The minimum Gasteiger partial charge on any atom is -0.350 e. The summed E-state index contributed by atoms with van der Waals surface area (Å²) in [7, 11) is 1.86. The standard InChI is InChI=1S/C21H18ClN5O3S/c1-26-8-6-12(10-24-31(29)30)15-11-23-20-17-16(25-21(28)18(17)19(15)26)7-9-27(20)14-4-2-13(22)3-5-14/h2-8,11,24H,9-10H2,1H3,(H,25,28)(H,29,30). The molecule has 8 nitrogen and oxygen atoms in total. The van der Waals surface area contributed by atoms with Gasteiger partial charge in [-0.05, 0) is 42.0 Å². The lowest BCUT2D eigenvalue weighted by atomic mass is 10.0. The van der Waals surface area contributed by atoms with Crippen LogP contribution in [0.3, 0.4) is 0 Å². The summed E-state index contributed by atoms with van der Waals surface area (Å²) in [5.41, 5.74) is 3.45. The van der Waals surface area contributed by atoms with E-state index in [9.17, 15) is 9.00 Å². The molecule has 1 atom stereocenters. The van der Waals surface area contributed by atoms with Gasteiger partial charge in [0.15, 0.2) is 0 Å². The topological polar surface area (TPSA) is 102 Å². The lowest BCUT2D eigenvalue weighted by Crippen LogP contribution is -2.29. The van der Waals surface area contributed by atoms with Crippen molar-refractivity contribution in [3.63, 3.8) is 0 Å². The molecule has 0 bridgehead atoms. The average Bonchev–Trinajstić information content (AvgIpc) is 2.95. The first-order chi connectivity index (χ1) is 14.9. The minimum atomic E-state index is -2.15. The van der Waals surface area contributed by atoms with Crippen LogP contribution >= 0.6 is 11.6 Å². The fourth-order valence-corrected chi connectivity index (χ4v) is 4.48. The molecule has 5 rings (SSSR count). The molecule has 0 saturated carbocycles. The zero-order chi connectivity index (χ0) is 21.7. The molecule has 4 heterocycles. The van der Waals surface area contributed by atoms with Gasteiger partial charge in [-0.3, -0.25) is 9.35 Å². The Bertz CT molecular complexity index is 1400. The highest BCUT2D eigenvalue weighted by Gasteiger charge is 2.29. The molecule has 1 unspecified atom stereocenters. The van der Waals surface area contributed by atoms with Gasteiger partial charge in [-0.2, -0.15) is 0 Å². The number of nitrogens with one attached hydrogen (secondary N) is 2. The van der Waals surface area contributed by atoms with Gasteiger partial charge in [0.25, 0.3) is 5.56 Å². The molecule has 10 heteroatoms. The molecular weight excluding hydrogens is 438 g/mol. The number of fused-ring (bicyclic) bond motifs is 2. The minimum absolute atomic E-state index is 0.154. The van der Waals surface area contributed by atoms with Gasteiger partial charge in [-0.1, -0.05) is 11.6 Å². The molecule has 3 N–H and O–H groups in total. The van der Waals surface area contributed by atoms with Crippen molar-refractivity contribution in [2.45, 2.75) is 0 Å². The van der Waals surface area contributed by atoms with Crippen LogP contribution in [0.15, 0.2) is 47.5 Å². The number of aromatic amines is 1. The fourth-order valence-electron chi connectivity index (χ4n) is 4.08. The van der Waals surface area contributed by atoms with Crippen molar-refractivity contribution in [3.05, 3.63) is 68.7 Å². The maximum Gasteiger partial charge on any atom is 0.258 e. The molecule has 4 aliphatic heterocycles. The molecule has 0 spiro atoms. The van der Waals surface area contributed by atoms with Crippen LogP contribution in [-0.2, 0) is 11.3 Å². The first-order valence-electron chi connectivity index (χ1n) is 9.51. The largest absolute Gasteiger partial charge is 0.350 e. The summed E-state index contributed by atoms with van der Waals surface area (Å²) < 4.78 is 22.8. The highest BCUT2D eigenvalue weighted by atomic mass is 35.5. The molecule has 0 aromatic heterocycles. The van der Waals surface area contributed by atoms with Crippen LogP contribution in [0, 0.1) is 0 Å². The van der Waals surface area contributed by atoms with Crippen LogP contribution in [0.1, 0.15) is 0 Å². The lowest BCUT2D eigenvalue weighted by molar-refractivity contribution is 0.553. The van der Waals surface area contributed by atoms with Gasteiger partial charge in [0.1, 0.15) is 5.82 Å². The van der Waals surface area contributed by atoms with Crippen molar-refractivity contribution in [1.82, 2.24) is 14.7 Å². The van der Waals surface area contributed by atoms with E-state index in [2.05, 4.69) is 9.71 Å². The molecule has 31 heavy (non-hydrogen) atoms. The maximum absolute atomic E-state index is 13.1. The fraction of sp³-hybridized carbons (Fsp3) is 0.143. The smallest absolute Gasteiger partial charge is 0.258 e. The predicted molar refractivity (Wildman–Crippen MR) is 123 cm³/mol. The molecule has 4 aliphatic rings. The molecule has 0 radical (unpaired) electrons. The summed E-state index contributed by atoms with van der Waals surface area (Å²) in [6.45, 7) is 0.697. The van der Waals surface area contributed by atoms with Crippen molar-refractivity contribution in [1.29, 1.82) is 0 Å². The summed E-state index contributed by atoms with van der Waals surface area (Å²) in [5.74, 6) is 0.661. The Morgan fingerprint density at radius 2 is 2.06 bits per heavy atom. The number of hydrogen-bond acceptors (Lipinski definition) is 5. The summed E-state index contributed by atoms with van der Waals surface area (Å²) >= 11 is 3.91. The Kier molecular flexibility index (Phi) is 4.90. The van der Waals surface area contributed by atoms with Gasteiger partial charge in [0.05, 0.1) is 22.2 Å². The summed E-state index contributed by atoms with van der Waals surface area (Å²) in [5, 5.41) is 2.10. The van der Waals surface area contributed by atoms with Crippen molar-refractivity contribution in [3.8, 4) is 11.1 Å².